The van der Waals surface area contributed by atoms with Gasteiger partial charge in [-0.05, 0) is 164 Å². The molecule has 0 amide bonds. The topological polar surface area (TPSA) is 0 Å². The van der Waals surface area contributed by atoms with Crippen molar-refractivity contribution in [3.63, 3.8) is 0 Å². The first-order chi connectivity index (χ1) is 25.1. The molecular weight excluding hydrogens is 861 g/mol. The Morgan fingerprint density at radius 1 is 0.333 bits per heavy atom. The summed E-state index contributed by atoms with van der Waals surface area (Å²) in [5.41, 5.74) is 18.7. The number of hydrogen-bond acceptors (Lipinski definition) is 0. The maximum atomic E-state index is 3.21. The molecule has 3 heteroatoms. The fourth-order valence-electron chi connectivity index (χ4n) is 8.23. The lowest BCUT2D eigenvalue weighted by atomic mass is 9.71. The zero-order valence-electron chi connectivity index (χ0n) is 27.8. The fraction of sp³-hybridized carbons (Fsp3) is 0.0417. The molecule has 1 atom stereocenters. The molecule has 0 bridgehead atoms. The van der Waals surface area contributed by atoms with Crippen LogP contribution in [0, 0.1) is 7.14 Å². The zero-order chi connectivity index (χ0) is 34.5. The Balaban J connectivity index is 1.47. The average molecular weight is 895 g/mol. The highest BCUT2D eigenvalue weighted by molar-refractivity contribution is 14.1. The monoisotopic (exact) mass is 894 g/mol. The molecule has 0 aliphatic heterocycles. The predicted octanol–water partition coefficient (Wildman–Crippen LogP) is 13.4. The van der Waals surface area contributed by atoms with Gasteiger partial charge in [-0.3, -0.25) is 0 Å². The highest BCUT2D eigenvalue weighted by Gasteiger charge is 2.32. The van der Waals surface area contributed by atoms with E-state index in [2.05, 4.69) is 218 Å². The van der Waals surface area contributed by atoms with Crippen molar-refractivity contribution >= 4 is 70.5 Å². The van der Waals surface area contributed by atoms with Gasteiger partial charge in [-0.15, -0.1) is 9.24 Å². The Kier molecular flexibility index (Phi) is 8.87. The molecule has 0 nitrogen and oxygen atoms in total. The molecule has 1 unspecified atom stereocenters. The summed E-state index contributed by atoms with van der Waals surface area (Å²) in [4.78, 5) is 0. The Morgan fingerprint density at radius 2 is 0.608 bits per heavy atom. The van der Waals surface area contributed by atoms with Crippen LogP contribution in [0.5, 0.6) is 0 Å². The third-order valence-electron chi connectivity index (χ3n) is 10.3. The molecule has 1 aliphatic rings. The highest BCUT2D eigenvalue weighted by Crippen LogP contribution is 2.51. The maximum absolute atomic E-state index is 3.21. The van der Waals surface area contributed by atoms with Gasteiger partial charge >= 0.3 is 0 Å². The summed E-state index contributed by atoms with van der Waals surface area (Å²) >= 11 is 5.04. The van der Waals surface area contributed by atoms with E-state index in [1.54, 1.807) is 0 Å². The summed E-state index contributed by atoms with van der Waals surface area (Å²) < 4.78 is 2.56. The van der Waals surface area contributed by atoms with Crippen LogP contribution in [0.15, 0.2) is 164 Å². The van der Waals surface area contributed by atoms with Crippen molar-refractivity contribution in [3.8, 4) is 55.6 Å². The van der Waals surface area contributed by atoms with Crippen LogP contribution in [0.2, 0.25) is 0 Å². The van der Waals surface area contributed by atoms with Crippen LogP contribution in [0.3, 0.4) is 0 Å². The second-order valence-electron chi connectivity index (χ2n) is 13.2. The normalized spacial score (nSPS) is 12.1. The lowest BCUT2D eigenvalue weighted by Crippen LogP contribution is -2.19. The van der Waals surface area contributed by atoms with Crippen LogP contribution in [-0.4, -0.2) is 0 Å². The third kappa shape index (κ3) is 5.77. The summed E-state index contributed by atoms with van der Waals surface area (Å²) in [5.74, 6) is 0. The average Bonchev–Trinajstić information content (AvgIpc) is 3.18. The van der Waals surface area contributed by atoms with Crippen LogP contribution in [-0.2, 0) is 12.8 Å². The summed E-state index contributed by atoms with van der Waals surface area (Å²) in [6, 6.07) is 60.2. The minimum absolute atomic E-state index is 0.835. The number of fused-ring (bicyclic) bond motifs is 3. The Hall–Kier alpha value is -4.09. The molecule has 51 heavy (non-hydrogen) atoms. The van der Waals surface area contributed by atoms with Gasteiger partial charge in [-0.1, -0.05) is 152 Å². The molecule has 9 rings (SSSR count). The van der Waals surface area contributed by atoms with E-state index in [0.29, 0.717) is 0 Å². The van der Waals surface area contributed by atoms with Gasteiger partial charge in [0.25, 0.3) is 0 Å². The second-order valence-corrected chi connectivity index (χ2v) is 16.1. The standard InChI is InChI=1S/C48H33I2P/c49-41-28-39-40(29-42(41)50)44(31-18-8-2-9-19-31)36-27-38-37(26-35(36)43(39)30-16-6-1-7-17-30)45(32-20-10-3-11-21-32)47(34-24-14-5-15-25-34)48(51)46(38)33-22-12-4-13-23-33/h1-25,28-29H,26-27,51H2. The molecule has 0 radical (unpaired) electrons. The Morgan fingerprint density at radius 3 is 0.980 bits per heavy atom. The molecule has 0 heterocycles. The minimum atomic E-state index is 0.835. The van der Waals surface area contributed by atoms with E-state index in [1.807, 2.05) is 0 Å². The van der Waals surface area contributed by atoms with Crippen molar-refractivity contribution in [2.75, 3.05) is 0 Å². The molecule has 0 spiro atoms. The van der Waals surface area contributed by atoms with Gasteiger partial charge in [-0.25, -0.2) is 0 Å². The molecular formula is C48H33I2P. The minimum Gasteiger partial charge on any atom is -0.104 e. The Bertz CT molecular complexity index is 2560. The quantitative estimate of drug-likeness (QED) is 0.119. The van der Waals surface area contributed by atoms with Gasteiger partial charge in [0, 0.05) is 7.14 Å². The molecule has 0 aromatic heterocycles. The summed E-state index contributed by atoms with van der Waals surface area (Å²) in [6.45, 7) is 0. The molecule has 0 saturated carbocycles. The smallest absolute Gasteiger partial charge is 0.0270 e. The molecule has 8 aromatic carbocycles. The van der Waals surface area contributed by atoms with Crippen LogP contribution >= 0.6 is 54.4 Å². The predicted molar refractivity (Wildman–Crippen MR) is 238 cm³/mol. The van der Waals surface area contributed by atoms with Gasteiger partial charge < -0.3 is 0 Å². The lowest BCUT2D eigenvalue weighted by molar-refractivity contribution is 1.02. The van der Waals surface area contributed by atoms with Gasteiger partial charge in [0.1, 0.15) is 0 Å². The van der Waals surface area contributed by atoms with Crippen LogP contribution in [0.4, 0.5) is 0 Å². The number of benzene rings is 8. The SMILES string of the molecule is Pc1c(-c2ccccc2)c2c(c(-c3ccccc3)c1-c1ccccc1)Cc1c(c(-c3ccccc3)c3cc(I)c(I)cc3c1-c1ccccc1)C2. The first-order valence-electron chi connectivity index (χ1n) is 17.3. The van der Waals surface area contributed by atoms with Crippen molar-refractivity contribution < 1.29 is 0 Å². The van der Waals surface area contributed by atoms with E-state index in [0.717, 1.165) is 12.8 Å². The van der Waals surface area contributed by atoms with Crippen molar-refractivity contribution in [2.45, 2.75) is 12.8 Å². The second kappa shape index (κ2) is 13.8. The third-order valence-corrected chi connectivity index (χ3v) is 13.7. The van der Waals surface area contributed by atoms with E-state index in [-0.39, 0.29) is 0 Å². The molecule has 0 fully saturated rings. The van der Waals surface area contributed by atoms with Crippen LogP contribution in [0.1, 0.15) is 22.3 Å². The number of halogens is 2. The molecule has 0 N–H and O–H groups in total. The first-order valence-corrected chi connectivity index (χ1v) is 20.0. The van der Waals surface area contributed by atoms with E-state index >= 15 is 0 Å². The Labute approximate surface area is 329 Å². The van der Waals surface area contributed by atoms with Crippen molar-refractivity contribution in [1.29, 1.82) is 0 Å². The maximum Gasteiger partial charge on any atom is 0.0270 e. The summed E-state index contributed by atoms with van der Waals surface area (Å²) in [7, 11) is 3.21. The number of rotatable bonds is 5. The van der Waals surface area contributed by atoms with E-state index in [1.165, 1.54) is 101 Å². The summed E-state index contributed by atoms with van der Waals surface area (Å²) in [6.07, 6.45) is 1.68. The van der Waals surface area contributed by atoms with Crippen LogP contribution in [0.25, 0.3) is 66.4 Å². The van der Waals surface area contributed by atoms with Crippen molar-refractivity contribution in [1.82, 2.24) is 0 Å². The zero-order valence-corrected chi connectivity index (χ0v) is 33.3. The lowest BCUT2D eigenvalue weighted by Gasteiger charge is -2.33. The fourth-order valence-corrected chi connectivity index (χ4v) is 9.81. The molecule has 0 saturated heterocycles. The highest BCUT2D eigenvalue weighted by atomic mass is 127. The van der Waals surface area contributed by atoms with Gasteiger partial charge in [-0.2, -0.15) is 0 Å². The first kappa shape index (κ1) is 32.8. The van der Waals surface area contributed by atoms with Crippen molar-refractivity contribution in [2.24, 2.45) is 0 Å². The molecule has 1 aliphatic carbocycles. The van der Waals surface area contributed by atoms with Gasteiger partial charge in [0.05, 0.1) is 0 Å². The van der Waals surface area contributed by atoms with Gasteiger partial charge in [0.15, 0.2) is 0 Å². The van der Waals surface area contributed by atoms with Crippen molar-refractivity contribution in [3.05, 3.63) is 193 Å². The van der Waals surface area contributed by atoms with E-state index in [9.17, 15) is 0 Å². The molecule has 244 valence electrons. The van der Waals surface area contributed by atoms with E-state index < -0.39 is 0 Å². The van der Waals surface area contributed by atoms with Gasteiger partial charge in [0.2, 0.25) is 0 Å². The number of hydrogen-bond donors (Lipinski definition) is 0. The summed E-state index contributed by atoms with van der Waals surface area (Å²) in [5, 5.41) is 3.90. The molecule has 8 aromatic rings. The largest absolute Gasteiger partial charge is 0.104 e. The van der Waals surface area contributed by atoms with Crippen LogP contribution < -0.4 is 5.30 Å². The van der Waals surface area contributed by atoms with E-state index in [4.69, 9.17) is 0 Å².